The summed E-state index contributed by atoms with van der Waals surface area (Å²) in [6.45, 7) is 0.231. The predicted octanol–water partition coefficient (Wildman–Crippen LogP) is 0.366. The summed E-state index contributed by atoms with van der Waals surface area (Å²) in [6, 6.07) is 6.09. The van der Waals surface area contributed by atoms with Crippen molar-refractivity contribution < 1.29 is 23.9 Å². The SMILES string of the molecule is O=C1C[C@@H](N2C(=O)c3ccccc3C2=O)[C@H]2CO[C@@H]1O2. The molecule has 0 saturated carbocycles. The van der Waals surface area contributed by atoms with E-state index < -0.39 is 18.4 Å². The first-order valence-corrected chi connectivity index (χ1v) is 6.43. The fourth-order valence-electron chi connectivity index (χ4n) is 2.99. The highest BCUT2D eigenvalue weighted by Crippen LogP contribution is 2.33. The largest absolute Gasteiger partial charge is 0.343 e. The van der Waals surface area contributed by atoms with Crippen molar-refractivity contribution in [3.05, 3.63) is 35.4 Å². The number of imide groups is 1. The number of benzene rings is 1. The number of rotatable bonds is 1. The van der Waals surface area contributed by atoms with E-state index in [0.717, 1.165) is 4.90 Å². The number of ether oxygens (including phenoxy) is 2. The molecule has 1 aromatic rings. The van der Waals surface area contributed by atoms with Crippen LogP contribution < -0.4 is 0 Å². The van der Waals surface area contributed by atoms with Crippen LogP contribution in [0.1, 0.15) is 27.1 Å². The van der Waals surface area contributed by atoms with Gasteiger partial charge in [0, 0.05) is 6.42 Å². The van der Waals surface area contributed by atoms with Crippen molar-refractivity contribution in [2.75, 3.05) is 6.61 Å². The summed E-state index contributed by atoms with van der Waals surface area (Å²) in [7, 11) is 0. The van der Waals surface area contributed by atoms with Gasteiger partial charge in [-0.25, -0.2) is 0 Å². The van der Waals surface area contributed by atoms with Crippen LogP contribution in [0, 0.1) is 0 Å². The van der Waals surface area contributed by atoms with E-state index in [0.29, 0.717) is 11.1 Å². The lowest BCUT2D eigenvalue weighted by molar-refractivity contribution is -0.156. The van der Waals surface area contributed by atoms with Crippen LogP contribution in [-0.2, 0) is 14.3 Å². The summed E-state index contributed by atoms with van der Waals surface area (Å²) in [5, 5.41) is 0. The fourth-order valence-corrected chi connectivity index (χ4v) is 2.99. The van der Waals surface area contributed by atoms with Gasteiger partial charge in [0.2, 0.25) is 6.29 Å². The molecule has 2 bridgehead atoms. The van der Waals surface area contributed by atoms with Gasteiger partial charge in [-0.2, -0.15) is 0 Å². The quantitative estimate of drug-likeness (QED) is 0.691. The number of ketones is 1. The van der Waals surface area contributed by atoms with Crippen LogP contribution >= 0.6 is 0 Å². The van der Waals surface area contributed by atoms with Crippen LogP contribution in [-0.4, -0.2) is 47.5 Å². The zero-order chi connectivity index (χ0) is 13.9. The molecule has 3 aliphatic rings. The van der Waals surface area contributed by atoms with Crippen LogP contribution in [0.3, 0.4) is 0 Å². The van der Waals surface area contributed by atoms with Crippen molar-refractivity contribution in [1.82, 2.24) is 4.90 Å². The number of Topliss-reactive ketones (excluding diaryl/α,β-unsaturated/α-hetero) is 1. The Morgan fingerprint density at radius 2 is 1.70 bits per heavy atom. The summed E-state index contributed by atoms with van der Waals surface area (Å²) in [6.07, 6.45) is -1.15. The van der Waals surface area contributed by atoms with Gasteiger partial charge in [-0.05, 0) is 12.1 Å². The standard InChI is InChI=1S/C14H11NO5/c16-10-5-9(11-6-19-14(10)20-11)15-12(17)7-3-1-2-4-8(7)13(15)18/h1-4,9,11,14H,5-6H2/t9-,11-,14-/m1/s1. The maximum atomic E-state index is 12.4. The van der Waals surface area contributed by atoms with Crippen LogP contribution in [0.25, 0.3) is 0 Å². The maximum Gasteiger partial charge on any atom is 0.261 e. The molecule has 2 amide bonds. The average Bonchev–Trinajstić information content (AvgIpc) is 2.99. The zero-order valence-electron chi connectivity index (χ0n) is 10.4. The Kier molecular flexibility index (Phi) is 2.33. The molecular weight excluding hydrogens is 262 g/mol. The molecule has 0 aliphatic carbocycles. The highest BCUT2D eigenvalue weighted by Gasteiger charge is 2.50. The normalized spacial score (nSPS) is 31.9. The molecule has 0 N–H and O–H groups in total. The second-order valence-electron chi connectivity index (χ2n) is 5.10. The Morgan fingerprint density at radius 1 is 1.05 bits per heavy atom. The first-order valence-electron chi connectivity index (χ1n) is 6.43. The third-order valence-corrected chi connectivity index (χ3v) is 3.97. The number of amides is 2. The fraction of sp³-hybridized carbons (Fsp3) is 0.357. The van der Waals surface area contributed by atoms with Gasteiger partial charge >= 0.3 is 0 Å². The van der Waals surface area contributed by atoms with Gasteiger partial charge in [0.15, 0.2) is 5.78 Å². The van der Waals surface area contributed by atoms with E-state index in [4.69, 9.17) is 9.47 Å². The van der Waals surface area contributed by atoms with Gasteiger partial charge in [-0.15, -0.1) is 0 Å². The molecule has 0 unspecified atom stereocenters. The van der Waals surface area contributed by atoms with Crippen molar-refractivity contribution in [3.63, 3.8) is 0 Å². The first-order chi connectivity index (χ1) is 9.66. The molecule has 2 fully saturated rings. The molecule has 6 nitrogen and oxygen atoms in total. The van der Waals surface area contributed by atoms with E-state index in [1.54, 1.807) is 24.3 Å². The maximum absolute atomic E-state index is 12.4. The molecule has 0 radical (unpaired) electrons. The van der Waals surface area contributed by atoms with Crippen molar-refractivity contribution in [2.45, 2.75) is 24.9 Å². The lowest BCUT2D eigenvalue weighted by Gasteiger charge is -2.32. The molecule has 0 aromatic heterocycles. The van der Waals surface area contributed by atoms with Crippen molar-refractivity contribution in [2.24, 2.45) is 0 Å². The molecule has 6 heteroatoms. The topological polar surface area (TPSA) is 72.9 Å². The van der Waals surface area contributed by atoms with Crippen LogP contribution in [0.15, 0.2) is 24.3 Å². The summed E-state index contributed by atoms with van der Waals surface area (Å²) >= 11 is 0. The predicted molar refractivity (Wildman–Crippen MR) is 65.0 cm³/mol. The Balaban J connectivity index is 1.72. The molecule has 1 aromatic carbocycles. The van der Waals surface area contributed by atoms with Gasteiger partial charge in [-0.1, -0.05) is 12.1 Å². The Bertz CT molecular complexity index is 605. The molecule has 3 atom stereocenters. The van der Waals surface area contributed by atoms with Gasteiger partial charge < -0.3 is 9.47 Å². The van der Waals surface area contributed by atoms with Crippen molar-refractivity contribution in [1.29, 1.82) is 0 Å². The number of carbonyl (C=O) groups excluding carboxylic acids is 3. The van der Waals surface area contributed by atoms with Gasteiger partial charge in [-0.3, -0.25) is 19.3 Å². The Morgan fingerprint density at radius 3 is 2.35 bits per heavy atom. The zero-order valence-corrected chi connectivity index (χ0v) is 10.4. The third kappa shape index (κ3) is 1.43. The summed E-state index contributed by atoms with van der Waals surface area (Å²) in [4.78, 5) is 37.7. The number of carbonyl (C=O) groups is 3. The van der Waals surface area contributed by atoms with Crippen LogP contribution in [0.4, 0.5) is 0 Å². The lowest BCUT2D eigenvalue weighted by atomic mass is 10.0. The second kappa shape index (κ2) is 3.97. The first kappa shape index (κ1) is 11.7. The molecule has 4 rings (SSSR count). The van der Waals surface area contributed by atoms with Gasteiger partial charge in [0.1, 0.15) is 6.10 Å². The van der Waals surface area contributed by atoms with E-state index in [2.05, 4.69) is 0 Å². The number of nitrogens with zero attached hydrogens (tertiary/aromatic N) is 1. The van der Waals surface area contributed by atoms with E-state index >= 15 is 0 Å². The minimum Gasteiger partial charge on any atom is -0.343 e. The monoisotopic (exact) mass is 273 g/mol. The van der Waals surface area contributed by atoms with Gasteiger partial charge in [0.25, 0.3) is 11.8 Å². The molecule has 0 spiro atoms. The minimum absolute atomic E-state index is 0.0980. The van der Waals surface area contributed by atoms with Crippen molar-refractivity contribution in [3.8, 4) is 0 Å². The number of hydrogen-bond acceptors (Lipinski definition) is 5. The highest BCUT2D eigenvalue weighted by atomic mass is 16.7. The highest BCUT2D eigenvalue weighted by molar-refractivity contribution is 6.21. The second-order valence-corrected chi connectivity index (χ2v) is 5.10. The lowest BCUT2D eigenvalue weighted by Crippen LogP contribution is -2.52. The van der Waals surface area contributed by atoms with Gasteiger partial charge in [0.05, 0.1) is 23.8 Å². The molecule has 3 heterocycles. The summed E-state index contributed by atoms with van der Waals surface area (Å²) < 4.78 is 10.6. The smallest absolute Gasteiger partial charge is 0.261 e. The van der Waals surface area contributed by atoms with Crippen molar-refractivity contribution >= 4 is 17.6 Å². The van der Waals surface area contributed by atoms with E-state index in [1.165, 1.54) is 0 Å². The molecule has 2 saturated heterocycles. The molecule has 3 aliphatic heterocycles. The van der Waals surface area contributed by atoms with Crippen LogP contribution in [0.2, 0.25) is 0 Å². The molecule has 20 heavy (non-hydrogen) atoms. The van der Waals surface area contributed by atoms with E-state index in [1.807, 2.05) is 0 Å². The third-order valence-electron chi connectivity index (χ3n) is 3.97. The van der Waals surface area contributed by atoms with Crippen LogP contribution in [0.5, 0.6) is 0 Å². The number of hydrogen-bond donors (Lipinski definition) is 0. The van der Waals surface area contributed by atoms with E-state index in [-0.39, 0.29) is 30.6 Å². The summed E-state index contributed by atoms with van der Waals surface area (Å²) in [5.41, 5.74) is 0.761. The molecule has 102 valence electrons. The average molecular weight is 273 g/mol. The molecular formula is C14H11NO5. The Labute approximate surface area is 114 Å². The minimum atomic E-state index is -0.827. The van der Waals surface area contributed by atoms with E-state index in [9.17, 15) is 14.4 Å². The summed E-state index contributed by atoms with van der Waals surface area (Å²) in [5.74, 6) is -0.949. The Hall–Kier alpha value is -2.05. The number of fused-ring (bicyclic) bond motifs is 3.